The van der Waals surface area contributed by atoms with Crippen molar-refractivity contribution < 1.29 is 51.3 Å². The first-order valence-electron chi connectivity index (χ1n) is 26.9. The van der Waals surface area contributed by atoms with Crippen LogP contribution in [0.3, 0.4) is 0 Å². The second-order valence-electron chi connectivity index (χ2n) is 22.5. The third-order valence-corrected chi connectivity index (χ3v) is 20.4. The van der Waals surface area contributed by atoms with Crippen LogP contribution in [0.25, 0.3) is 21.8 Å². The molecular formula is C61H74N6O12SSi. The maximum absolute atomic E-state index is 14.3. The summed E-state index contributed by atoms with van der Waals surface area (Å²) in [6.07, 6.45) is 2.44. The number of primary amides is 1. The molecule has 0 aliphatic heterocycles. The van der Waals surface area contributed by atoms with Gasteiger partial charge in [-0.15, -0.1) is 0 Å². The topological polar surface area (TPSA) is 251 Å². The molecule has 430 valence electrons. The number of carboxylic acid groups (broad SMARTS) is 1. The summed E-state index contributed by atoms with van der Waals surface area (Å²) in [4.78, 5) is 59.4. The van der Waals surface area contributed by atoms with Crippen LogP contribution in [0.1, 0.15) is 100 Å². The van der Waals surface area contributed by atoms with Crippen LogP contribution < -0.4 is 31.4 Å². The average Bonchev–Trinajstić information content (AvgIpc) is 3.55. The number of anilines is 4. The van der Waals surface area contributed by atoms with Crippen LogP contribution in [0.5, 0.6) is 11.5 Å². The molecule has 5 aromatic carbocycles. The fourth-order valence-corrected chi connectivity index (χ4v) is 11.6. The van der Waals surface area contributed by atoms with Crippen molar-refractivity contribution in [1.29, 1.82) is 0 Å². The molecule has 7 aromatic rings. The van der Waals surface area contributed by atoms with E-state index in [4.69, 9.17) is 29.1 Å². The summed E-state index contributed by atoms with van der Waals surface area (Å²) in [5.41, 5.74) is 10.0. The number of sulfone groups is 1. The third-order valence-electron chi connectivity index (χ3n) is 14.2. The number of carbonyl (C=O) groups excluding carboxylic acids is 2. The highest BCUT2D eigenvalue weighted by molar-refractivity contribution is 7.91. The summed E-state index contributed by atoms with van der Waals surface area (Å²) in [7, 11) is -5.01. The zero-order valence-corrected chi connectivity index (χ0v) is 49.5. The van der Waals surface area contributed by atoms with Crippen LogP contribution >= 0.6 is 0 Å². The molecule has 0 aliphatic carbocycles. The number of ether oxygens (including phenoxy) is 4. The predicted molar refractivity (Wildman–Crippen MR) is 318 cm³/mol. The SMILES string of the molecule is COc1cccc(Nc2c(C(N)=O)cnc3c(C)cc(S(=O)(=O)c4cccc(Nc5ccc(CCOCCCCCCN(CC(O[Si](C)(C)C(C)(C)C)c6ccc(OC(=O)OC(C)(C)C)c7[nH]c(=O)ccc67)C(=O)O)cc5)c4)cc23)c1. The number of aromatic nitrogens is 2. The standard InChI is InChI=1S/C61H74N6O12SSi/c1-39-33-46(36-49-54(39)63-37-50(57(62)69)55(49)65-42-17-15-19-44(34-42)75-8)80(73,74)45-20-16-18-43(35-45)64-41-23-21-40(22-24-41)29-32-76-31-14-12-11-13-30-67(58(70)71)38-52(79-81(9,10)61(5,6)7)47-25-27-51(77-59(72)78-60(2,3)4)56-48(47)26-28-53(68)66-56/h15-28,33-37,52,64H,11-14,29-32,38H2,1-10H3,(H2,62,69)(H,63,65)(H,66,68)(H,70,71). The number of amides is 2. The van der Waals surface area contributed by atoms with E-state index in [2.05, 4.69) is 54.5 Å². The smallest absolute Gasteiger partial charge is 0.497 e. The number of unbranched alkanes of at least 4 members (excludes halogenated alkanes) is 3. The molecule has 18 nitrogen and oxygen atoms in total. The average molecular weight is 1140 g/mol. The lowest BCUT2D eigenvalue weighted by atomic mass is 10.0. The normalized spacial score (nSPS) is 12.5. The number of H-pyrrole nitrogens is 1. The Labute approximate surface area is 474 Å². The molecule has 1 atom stereocenters. The lowest BCUT2D eigenvalue weighted by Crippen LogP contribution is -2.45. The summed E-state index contributed by atoms with van der Waals surface area (Å²) >= 11 is 0. The molecule has 0 bridgehead atoms. The number of methoxy groups -OCH3 is 1. The Balaban J connectivity index is 0.909. The van der Waals surface area contributed by atoms with E-state index in [0.717, 1.165) is 30.5 Å². The fraction of sp³-hybridized carbons (Fsp3) is 0.361. The minimum atomic E-state index is -4.06. The highest BCUT2D eigenvalue weighted by Gasteiger charge is 2.41. The first-order valence-corrected chi connectivity index (χ1v) is 31.3. The van der Waals surface area contributed by atoms with Crippen LogP contribution in [0, 0.1) is 6.92 Å². The number of benzene rings is 5. The Bertz CT molecular complexity index is 3580. The van der Waals surface area contributed by atoms with Crippen LogP contribution in [0.2, 0.25) is 18.1 Å². The van der Waals surface area contributed by atoms with Gasteiger partial charge in [-0.1, -0.05) is 63.9 Å². The molecular weight excluding hydrogens is 1070 g/mol. The number of aryl methyl sites for hydroxylation is 1. The predicted octanol–water partition coefficient (Wildman–Crippen LogP) is 13.0. The second-order valence-corrected chi connectivity index (χ2v) is 29.2. The number of nitrogens with zero attached hydrogens (tertiary/aromatic N) is 2. The van der Waals surface area contributed by atoms with Crippen molar-refractivity contribution in [1.82, 2.24) is 14.9 Å². The van der Waals surface area contributed by atoms with Crippen molar-refractivity contribution in [3.05, 3.63) is 148 Å². The monoisotopic (exact) mass is 1140 g/mol. The molecule has 7 rings (SSSR count). The maximum atomic E-state index is 14.3. The Kier molecular flexibility index (Phi) is 19.4. The van der Waals surface area contributed by atoms with Crippen molar-refractivity contribution in [3.63, 3.8) is 0 Å². The third kappa shape index (κ3) is 15.8. The molecule has 0 saturated heterocycles. The quantitative estimate of drug-likeness (QED) is 0.0163. The van der Waals surface area contributed by atoms with E-state index in [9.17, 15) is 32.7 Å². The van der Waals surface area contributed by atoms with Crippen molar-refractivity contribution in [3.8, 4) is 11.5 Å². The van der Waals surface area contributed by atoms with Crippen molar-refractivity contribution >= 4 is 80.9 Å². The van der Waals surface area contributed by atoms with Crippen LogP contribution in [-0.4, -0.2) is 93.9 Å². The van der Waals surface area contributed by atoms with E-state index in [-0.39, 0.29) is 44.7 Å². The van der Waals surface area contributed by atoms with Crippen LogP contribution in [0.4, 0.5) is 32.3 Å². The molecule has 2 aromatic heterocycles. The zero-order valence-electron chi connectivity index (χ0n) is 47.7. The van der Waals surface area contributed by atoms with Gasteiger partial charge in [-0.25, -0.2) is 18.0 Å². The van der Waals surface area contributed by atoms with Gasteiger partial charge in [-0.2, -0.15) is 0 Å². The first kappa shape index (κ1) is 60.8. The number of nitrogens with one attached hydrogen (secondary N) is 3. The number of fused-ring (bicyclic) bond motifs is 2. The van der Waals surface area contributed by atoms with E-state index in [0.29, 0.717) is 76.3 Å². The molecule has 6 N–H and O–H groups in total. The lowest BCUT2D eigenvalue weighted by molar-refractivity contribution is 0.0208. The number of hydrogen-bond acceptors (Lipinski definition) is 14. The molecule has 2 amide bonds. The molecule has 1 unspecified atom stereocenters. The minimum absolute atomic E-state index is 0.0244. The highest BCUT2D eigenvalue weighted by atomic mass is 32.2. The molecule has 81 heavy (non-hydrogen) atoms. The molecule has 0 saturated carbocycles. The van der Waals surface area contributed by atoms with Gasteiger partial charge < -0.3 is 54.7 Å². The van der Waals surface area contributed by atoms with Crippen molar-refractivity contribution in [2.24, 2.45) is 5.73 Å². The number of carbonyl (C=O) groups is 3. The summed E-state index contributed by atoms with van der Waals surface area (Å²) in [6.45, 7) is 18.9. The van der Waals surface area contributed by atoms with E-state index in [1.54, 1.807) is 102 Å². The van der Waals surface area contributed by atoms with E-state index in [1.807, 2.05) is 24.3 Å². The van der Waals surface area contributed by atoms with Crippen molar-refractivity contribution in [2.45, 2.75) is 120 Å². The number of aromatic amines is 1. The summed E-state index contributed by atoms with van der Waals surface area (Å²) in [5, 5.41) is 17.8. The molecule has 2 heterocycles. The van der Waals surface area contributed by atoms with E-state index in [1.165, 1.54) is 29.3 Å². The second kappa shape index (κ2) is 25.8. The lowest BCUT2D eigenvalue weighted by Gasteiger charge is -2.40. The van der Waals surface area contributed by atoms with Crippen LogP contribution in [-0.2, 0) is 30.2 Å². The summed E-state index contributed by atoms with van der Waals surface area (Å²) < 4.78 is 57.8. The number of nitrogens with two attached hydrogens (primary N) is 1. The minimum Gasteiger partial charge on any atom is -0.497 e. The zero-order chi connectivity index (χ0) is 58.9. The van der Waals surface area contributed by atoms with Gasteiger partial charge in [0.05, 0.1) is 58.4 Å². The Hall–Kier alpha value is -7.78. The number of rotatable bonds is 24. The Morgan fingerprint density at radius 3 is 2.19 bits per heavy atom. The van der Waals surface area contributed by atoms with E-state index >= 15 is 0 Å². The summed E-state index contributed by atoms with van der Waals surface area (Å²) in [5.74, 6) is -0.0430. The fourth-order valence-electron chi connectivity index (χ4n) is 8.89. The van der Waals surface area contributed by atoms with Crippen molar-refractivity contribution in [2.75, 3.05) is 44.0 Å². The van der Waals surface area contributed by atoms with Gasteiger partial charge in [-0.05, 0) is 149 Å². The van der Waals surface area contributed by atoms with Gasteiger partial charge >= 0.3 is 12.2 Å². The van der Waals surface area contributed by atoms with Gasteiger partial charge in [0.2, 0.25) is 15.4 Å². The largest absolute Gasteiger partial charge is 0.514 e. The molecule has 0 spiro atoms. The van der Waals surface area contributed by atoms with Crippen LogP contribution in [0.15, 0.2) is 130 Å². The van der Waals surface area contributed by atoms with Gasteiger partial charge in [0, 0.05) is 59.3 Å². The Morgan fingerprint density at radius 1 is 0.802 bits per heavy atom. The van der Waals surface area contributed by atoms with E-state index < -0.39 is 53.6 Å². The molecule has 20 heteroatoms. The number of pyridine rings is 2. The maximum Gasteiger partial charge on any atom is 0.514 e. The highest BCUT2D eigenvalue weighted by Crippen LogP contribution is 2.42. The first-order chi connectivity index (χ1) is 38.2. The van der Waals surface area contributed by atoms with Gasteiger partial charge in [0.15, 0.2) is 14.1 Å². The van der Waals surface area contributed by atoms with Gasteiger partial charge in [0.25, 0.3) is 5.91 Å². The van der Waals surface area contributed by atoms with Gasteiger partial charge in [0.1, 0.15) is 11.4 Å². The summed E-state index contributed by atoms with van der Waals surface area (Å²) in [6, 6.07) is 30.9. The Morgan fingerprint density at radius 2 is 1.51 bits per heavy atom. The molecule has 0 aliphatic rings. The molecule has 0 radical (unpaired) electrons. The van der Waals surface area contributed by atoms with Gasteiger partial charge in [-0.3, -0.25) is 14.6 Å². The number of hydrogen-bond donors (Lipinski definition) is 5. The molecule has 0 fully saturated rings.